The number of rotatable bonds is 8. The molecule has 2 aromatic carbocycles. The van der Waals surface area contributed by atoms with Crippen LogP contribution in [0.15, 0.2) is 59.4 Å². The number of fused-ring (bicyclic) bond motifs is 1. The third-order valence-corrected chi connectivity index (χ3v) is 8.97. The molecule has 2 aromatic heterocycles. The summed E-state index contributed by atoms with van der Waals surface area (Å²) in [6, 6.07) is 14.4. The first-order chi connectivity index (χ1) is 20.7. The van der Waals surface area contributed by atoms with Crippen LogP contribution >= 0.6 is 11.3 Å². The molecule has 1 amide bonds. The molecule has 0 radical (unpaired) electrons. The van der Waals surface area contributed by atoms with Crippen molar-refractivity contribution in [2.24, 2.45) is 0 Å². The van der Waals surface area contributed by atoms with Crippen LogP contribution in [0.1, 0.15) is 36.8 Å². The SMILES string of the molecule is COc1ccc(Cn2c(N3CCCC3C(F)(F)F)nc3sc(N4CCCC4C(=O)NCc4ccccc4)nc3c2=O)cc1. The quantitative estimate of drug-likeness (QED) is 0.308. The molecule has 0 bridgehead atoms. The Hall–Kier alpha value is -4.13. The number of ether oxygens (including phenoxy) is 1. The minimum absolute atomic E-state index is 0.0171. The highest BCUT2D eigenvalue weighted by molar-refractivity contribution is 7.21. The third-order valence-electron chi connectivity index (χ3n) is 7.99. The first kappa shape index (κ1) is 29.0. The number of carbonyl (C=O) groups excluding carboxylic acids is 1. The number of halogens is 3. The van der Waals surface area contributed by atoms with Crippen molar-refractivity contribution in [1.29, 1.82) is 0 Å². The highest BCUT2D eigenvalue weighted by Crippen LogP contribution is 2.37. The number of benzene rings is 2. The molecule has 4 aromatic rings. The van der Waals surface area contributed by atoms with Gasteiger partial charge in [0.05, 0.1) is 13.7 Å². The van der Waals surface area contributed by atoms with Crippen molar-refractivity contribution in [3.8, 4) is 5.75 Å². The van der Waals surface area contributed by atoms with Crippen molar-refractivity contribution in [3.63, 3.8) is 0 Å². The Bertz CT molecular complexity index is 1660. The molecule has 1 N–H and O–H groups in total. The molecule has 0 saturated carbocycles. The third kappa shape index (κ3) is 5.90. The van der Waals surface area contributed by atoms with E-state index in [4.69, 9.17) is 4.74 Å². The first-order valence-electron chi connectivity index (χ1n) is 14.2. The fourth-order valence-corrected chi connectivity index (χ4v) is 6.80. The van der Waals surface area contributed by atoms with E-state index in [1.54, 1.807) is 24.3 Å². The Morgan fingerprint density at radius 2 is 1.72 bits per heavy atom. The fraction of sp³-hybridized carbons (Fsp3) is 0.400. The number of anilines is 2. The number of alkyl halides is 3. The van der Waals surface area contributed by atoms with Gasteiger partial charge in [-0.3, -0.25) is 14.2 Å². The van der Waals surface area contributed by atoms with Crippen LogP contribution in [0.25, 0.3) is 10.3 Å². The highest BCUT2D eigenvalue weighted by Gasteiger charge is 2.47. The average molecular weight is 613 g/mol. The molecule has 2 aliphatic heterocycles. The zero-order valence-electron chi connectivity index (χ0n) is 23.5. The summed E-state index contributed by atoms with van der Waals surface area (Å²) in [4.78, 5) is 39.7. The molecular weight excluding hydrogens is 581 g/mol. The van der Waals surface area contributed by atoms with E-state index in [-0.39, 0.29) is 41.7 Å². The molecule has 0 spiro atoms. The van der Waals surface area contributed by atoms with E-state index in [1.807, 2.05) is 35.2 Å². The van der Waals surface area contributed by atoms with E-state index in [9.17, 15) is 22.8 Å². The molecule has 226 valence electrons. The van der Waals surface area contributed by atoms with Gasteiger partial charge in [-0.15, -0.1) is 0 Å². The summed E-state index contributed by atoms with van der Waals surface area (Å²) < 4.78 is 48.6. The molecule has 6 rings (SSSR count). The van der Waals surface area contributed by atoms with Crippen LogP contribution in [0.4, 0.5) is 24.3 Å². The molecule has 2 aliphatic rings. The molecule has 2 saturated heterocycles. The second-order valence-corrected chi connectivity index (χ2v) is 11.7. The molecule has 2 fully saturated rings. The summed E-state index contributed by atoms with van der Waals surface area (Å²) in [5.41, 5.74) is 1.25. The number of methoxy groups -OCH3 is 1. The van der Waals surface area contributed by atoms with E-state index < -0.39 is 23.8 Å². The van der Waals surface area contributed by atoms with Gasteiger partial charge in [-0.05, 0) is 48.9 Å². The van der Waals surface area contributed by atoms with Gasteiger partial charge >= 0.3 is 6.18 Å². The van der Waals surface area contributed by atoms with Crippen LogP contribution in [0.2, 0.25) is 0 Å². The zero-order chi connectivity index (χ0) is 30.1. The van der Waals surface area contributed by atoms with E-state index in [2.05, 4.69) is 15.3 Å². The van der Waals surface area contributed by atoms with Crippen molar-refractivity contribution in [3.05, 3.63) is 76.1 Å². The Balaban J connectivity index is 1.35. The van der Waals surface area contributed by atoms with Crippen molar-refractivity contribution >= 4 is 38.7 Å². The summed E-state index contributed by atoms with van der Waals surface area (Å²) in [5.74, 6) is 0.455. The molecular formula is C30H31F3N6O3S. The number of hydrogen-bond acceptors (Lipinski definition) is 8. The predicted octanol–water partition coefficient (Wildman–Crippen LogP) is 4.73. The van der Waals surface area contributed by atoms with Gasteiger partial charge in [-0.1, -0.05) is 53.8 Å². The topological polar surface area (TPSA) is 92.6 Å². The van der Waals surface area contributed by atoms with Crippen LogP contribution in [0.3, 0.4) is 0 Å². The summed E-state index contributed by atoms with van der Waals surface area (Å²) in [6.07, 6.45) is -2.81. The summed E-state index contributed by atoms with van der Waals surface area (Å²) >= 11 is 1.13. The Labute approximate surface area is 249 Å². The number of hydrogen-bond donors (Lipinski definition) is 1. The minimum Gasteiger partial charge on any atom is -0.497 e. The molecule has 9 nitrogen and oxygen atoms in total. The second-order valence-electron chi connectivity index (χ2n) is 10.7. The van der Waals surface area contributed by atoms with Crippen LogP contribution in [-0.4, -0.2) is 58.9 Å². The predicted molar refractivity (Wildman–Crippen MR) is 159 cm³/mol. The van der Waals surface area contributed by atoms with Gasteiger partial charge in [0.25, 0.3) is 5.56 Å². The molecule has 13 heteroatoms. The van der Waals surface area contributed by atoms with Crippen LogP contribution in [-0.2, 0) is 17.9 Å². The average Bonchev–Trinajstić information content (AvgIpc) is 3.77. The Morgan fingerprint density at radius 1 is 1.00 bits per heavy atom. The lowest BCUT2D eigenvalue weighted by Gasteiger charge is -2.29. The number of amides is 1. The smallest absolute Gasteiger partial charge is 0.408 e. The molecule has 43 heavy (non-hydrogen) atoms. The first-order valence-corrected chi connectivity index (χ1v) is 15.0. The lowest BCUT2D eigenvalue weighted by atomic mass is 10.2. The molecule has 4 heterocycles. The van der Waals surface area contributed by atoms with Crippen LogP contribution in [0.5, 0.6) is 5.75 Å². The van der Waals surface area contributed by atoms with Crippen molar-refractivity contribution in [2.45, 2.75) is 57.0 Å². The largest absolute Gasteiger partial charge is 0.497 e. The minimum atomic E-state index is -4.47. The van der Waals surface area contributed by atoms with Gasteiger partial charge < -0.3 is 19.9 Å². The van der Waals surface area contributed by atoms with Crippen LogP contribution < -0.4 is 25.4 Å². The van der Waals surface area contributed by atoms with E-state index in [0.717, 1.165) is 23.3 Å². The summed E-state index contributed by atoms with van der Waals surface area (Å²) in [5, 5.41) is 3.45. The standard InChI is InChI=1S/C30H31F3N6O3S/c1-42-21-13-11-20(12-14-21)18-39-27(41)24-26(36-28(39)38-16-6-10-23(38)30(31,32)33)43-29(35-24)37-15-5-9-22(37)25(40)34-17-19-7-3-2-4-8-19/h2-4,7-8,11-14,22-23H,5-6,9-10,15-18H2,1H3,(H,34,40). The number of carbonyl (C=O) groups is 1. The van der Waals surface area contributed by atoms with Crippen LogP contribution in [0, 0.1) is 0 Å². The van der Waals surface area contributed by atoms with E-state index >= 15 is 0 Å². The monoisotopic (exact) mass is 612 g/mol. The Kier molecular flexibility index (Phi) is 7.99. The highest BCUT2D eigenvalue weighted by atomic mass is 32.1. The summed E-state index contributed by atoms with van der Waals surface area (Å²) in [7, 11) is 1.54. The van der Waals surface area contributed by atoms with Crippen molar-refractivity contribution in [1.82, 2.24) is 19.9 Å². The Morgan fingerprint density at radius 3 is 2.44 bits per heavy atom. The molecule has 2 unspecified atom stereocenters. The number of aromatic nitrogens is 3. The van der Waals surface area contributed by atoms with Crippen molar-refractivity contribution in [2.75, 3.05) is 30.0 Å². The van der Waals surface area contributed by atoms with Crippen molar-refractivity contribution < 1.29 is 22.7 Å². The zero-order valence-corrected chi connectivity index (χ0v) is 24.3. The number of thiazole rings is 1. The maximum absolute atomic E-state index is 14.0. The maximum Gasteiger partial charge on any atom is 0.408 e. The van der Waals surface area contributed by atoms with Gasteiger partial charge in [-0.25, -0.2) is 9.97 Å². The number of nitrogens with zero attached hydrogens (tertiary/aromatic N) is 5. The fourth-order valence-electron chi connectivity index (χ4n) is 5.80. The van der Waals surface area contributed by atoms with Gasteiger partial charge in [0.2, 0.25) is 11.9 Å². The normalized spacial score (nSPS) is 18.9. The van der Waals surface area contributed by atoms with E-state index in [0.29, 0.717) is 42.4 Å². The lowest BCUT2D eigenvalue weighted by molar-refractivity contribution is -0.146. The lowest BCUT2D eigenvalue weighted by Crippen LogP contribution is -2.44. The van der Waals surface area contributed by atoms with Gasteiger partial charge in [-0.2, -0.15) is 13.2 Å². The second kappa shape index (κ2) is 11.9. The van der Waals surface area contributed by atoms with Gasteiger partial charge in [0.15, 0.2) is 15.5 Å². The van der Waals surface area contributed by atoms with Gasteiger partial charge in [0.1, 0.15) is 17.8 Å². The molecule has 2 atom stereocenters. The van der Waals surface area contributed by atoms with E-state index in [1.165, 1.54) is 16.6 Å². The van der Waals surface area contributed by atoms with Gasteiger partial charge in [0, 0.05) is 19.6 Å². The number of nitrogens with one attached hydrogen (secondary N) is 1. The molecule has 0 aliphatic carbocycles. The maximum atomic E-state index is 14.0. The summed E-state index contributed by atoms with van der Waals surface area (Å²) in [6.45, 7) is 1.11.